The predicted octanol–water partition coefficient (Wildman–Crippen LogP) is 2.70. The van der Waals surface area contributed by atoms with E-state index < -0.39 is 0 Å². The number of hydrogen-bond acceptors (Lipinski definition) is 5. The van der Waals surface area contributed by atoms with Crippen LogP contribution in [0.25, 0.3) is 0 Å². The van der Waals surface area contributed by atoms with Crippen molar-refractivity contribution < 1.29 is 4.79 Å². The summed E-state index contributed by atoms with van der Waals surface area (Å²) in [5.74, 6) is 0.895. The van der Waals surface area contributed by atoms with Crippen LogP contribution in [0.15, 0.2) is 10.9 Å². The van der Waals surface area contributed by atoms with Crippen molar-refractivity contribution in [2.45, 2.75) is 40.0 Å². The van der Waals surface area contributed by atoms with Crippen molar-refractivity contribution in [1.29, 1.82) is 0 Å². The average molecular weight is 292 g/mol. The second kappa shape index (κ2) is 6.17. The zero-order chi connectivity index (χ0) is 14.7. The van der Waals surface area contributed by atoms with Gasteiger partial charge in [-0.2, -0.15) is 9.78 Å². The van der Waals surface area contributed by atoms with E-state index in [-0.39, 0.29) is 5.91 Å². The summed E-state index contributed by atoms with van der Waals surface area (Å²) in [6, 6.07) is 0. The first-order chi connectivity index (χ1) is 9.49. The van der Waals surface area contributed by atoms with Gasteiger partial charge in [0.2, 0.25) is 5.91 Å². The molecule has 0 unspecified atom stereocenters. The highest BCUT2D eigenvalue weighted by atomic mass is 32.1. The number of anilines is 1. The second-order valence-corrected chi connectivity index (χ2v) is 6.05. The summed E-state index contributed by atoms with van der Waals surface area (Å²) in [6.45, 7) is 6.15. The third-order valence-electron chi connectivity index (χ3n) is 3.15. The zero-order valence-corrected chi connectivity index (χ0v) is 12.9. The molecule has 2 heterocycles. The summed E-state index contributed by atoms with van der Waals surface area (Å²) < 4.78 is 1.35. The maximum absolute atomic E-state index is 12.2. The van der Waals surface area contributed by atoms with Gasteiger partial charge in [0.15, 0.2) is 0 Å². The summed E-state index contributed by atoms with van der Waals surface area (Å²) in [4.78, 5) is 16.4. The van der Waals surface area contributed by atoms with Gasteiger partial charge in [0.25, 0.3) is 0 Å². The third-order valence-corrected chi connectivity index (χ3v) is 3.79. The van der Waals surface area contributed by atoms with E-state index in [4.69, 9.17) is 5.73 Å². The molecule has 0 amide bonds. The van der Waals surface area contributed by atoms with Crippen molar-refractivity contribution in [1.82, 2.24) is 14.8 Å². The smallest absolute Gasteiger partial charge is 0.249 e. The Kier molecular flexibility index (Phi) is 4.54. The molecular formula is C14H20N4OS. The minimum absolute atomic E-state index is 0.0754. The van der Waals surface area contributed by atoms with Crippen molar-refractivity contribution in [3.63, 3.8) is 0 Å². The van der Waals surface area contributed by atoms with E-state index in [9.17, 15) is 4.79 Å². The van der Waals surface area contributed by atoms with E-state index in [0.717, 1.165) is 23.4 Å². The lowest BCUT2D eigenvalue weighted by molar-refractivity contribution is 0.0889. The zero-order valence-electron chi connectivity index (χ0n) is 12.1. The Labute approximate surface area is 122 Å². The summed E-state index contributed by atoms with van der Waals surface area (Å²) in [5, 5.41) is 6.24. The first-order valence-corrected chi connectivity index (χ1v) is 7.67. The molecule has 0 spiro atoms. The van der Waals surface area contributed by atoms with Crippen LogP contribution in [-0.2, 0) is 12.8 Å². The Hall–Kier alpha value is -1.69. The van der Waals surface area contributed by atoms with Crippen molar-refractivity contribution in [3.05, 3.63) is 27.8 Å². The number of nitrogens with zero attached hydrogens (tertiary/aromatic N) is 3. The highest BCUT2D eigenvalue weighted by Crippen LogP contribution is 2.20. The summed E-state index contributed by atoms with van der Waals surface area (Å²) >= 11 is 1.53. The number of aromatic nitrogens is 3. The van der Waals surface area contributed by atoms with E-state index in [1.807, 2.05) is 12.3 Å². The van der Waals surface area contributed by atoms with Gasteiger partial charge in [0.05, 0.1) is 16.9 Å². The molecule has 2 aromatic heterocycles. The van der Waals surface area contributed by atoms with Gasteiger partial charge in [-0.05, 0) is 25.7 Å². The van der Waals surface area contributed by atoms with Crippen molar-refractivity contribution in [2.75, 3.05) is 5.73 Å². The van der Waals surface area contributed by atoms with E-state index in [0.29, 0.717) is 24.6 Å². The Balaban J connectivity index is 2.10. The minimum Gasteiger partial charge on any atom is -0.383 e. The van der Waals surface area contributed by atoms with Gasteiger partial charge in [0.1, 0.15) is 5.82 Å². The normalized spacial score (nSPS) is 11.2. The number of thiazole rings is 1. The van der Waals surface area contributed by atoms with Gasteiger partial charge in [0, 0.05) is 17.4 Å². The Morgan fingerprint density at radius 1 is 1.50 bits per heavy atom. The summed E-state index contributed by atoms with van der Waals surface area (Å²) in [5.41, 5.74) is 10.6. The van der Waals surface area contributed by atoms with Crippen LogP contribution in [-0.4, -0.2) is 20.7 Å². The monoisotopic (exact) mass is 292 g/mol. The SMILES string of the molecule is Cc1nn(C(=O)CCc2cscn2)c(N)c1CC(C)C. The first kappa shape index (κ1) is 14.7. The van der Waals surface area contributed by atoms with Crippen molar-refractivity contribution >= 4 is 23.1 Å². The second-order valence-electron chi connectivity index (χ2n) is 5.33. The lowest BCUT2D eigenvalue weighted by Crippen LogP contribution is -2.16. The molecule has 0 radical (unpaired) electrons. The molecule has 0 saturated heterocycles. The Morgan fingerprint density at radius 3 is 2.85 bits per heavy atom. The molecule has 2 aromatic rings. The quantitative estimate of drug-likeness (QED) is 0.919. The lowest BCUT2D eigenvalue weighted by Gasteiger charge is -2.05. The van der Waals surface area contributed by atoms with Crippen LogP contribution in [0.4, 0.5) is 5.82 Å². The fourth-order valence-corrected chi connectivity index (χ4v) is 2.72. The molecule has 0 aliphatic rings. The van der Waals surface area contributed by atoms with Crippen LogP contribution in [0.3, 0.4) is 0 Å². The standard InChI is InChI=1S/C14H20N4OS/c1-9(2)6-12-10(3)17-18(14(12)15)13(19)5-4-11-7-20-8-16-11/h7-9H,4-6,15H2,1-3H3. The number of rotatable bonds is 5. The highest BCUT2D eigenvalue weighted by molar-refractivity contribution is 7.07. The molecule has 0 aromatic carbocycles. The van der Waals surface area contributed by atoms with Crippen molar-refractivity contribution in [3.8, 4) is 0 Å². The number of aryl methyl sites for hydroxylation is 2. The molecule has 2 N–H and O–H groups in total. The molecule has 0 fully saturated rings. The molecule has 0 aliphatic heterocycles. The fraction of sp³-hybridized carbons (Fsp3) is 0.500. The van der Waals surface area contributed by atoms with Crippen molar-refractivity contribution in [2.24, 2.45) is 5.92 Å². The Bertz CT molecular complexity index is 587. The summed E-state index contributed by atoms with van der Waals surface area (Å²) in [6.07, 6.45) is 1.84. The van der Waals surface area contributed by atoms with E-state index in [1.165, 1.54) is 16.0 Å². The molecule has 2 rings (SSSR count). The number of nitrogen functional groups attached to an aromatic ring is 1. The van der Waals surface area contributed by atoms with Gasteiger partial charge in [-0.15, -0.1) is 11.3 Å². The van der Waals surface area contributed by atoms with Gasteiger partial charge in [-0.25, -0.2) is 4.98 Å². The van der Waals surface area contributed by atoms with Gasteiger partial charge in [-0.3, -0.25) is 4.79 Å². The topological polar surface area (TPSA) is 73.8 Å². The highest BCUT2D eigenvalue weighted by Gasteiger charge is 2.18. The van der Waals surface area contributed by atoms with Gasteiger partial charge in [-0.1, -0.05) is 13.8 Å². The molecule has 0 saturated carbocycles. The Morgan fingerprint density at radius 2 is 2.25 bits per heavy atom. The number of carbonyl (C=O) groups is 1. The van der Waals surface area contributed by atoms with Crippen LogP contribution in [0.2, 0.25) is 0 Å². The van der Waals surface area contributed by atoms with Gasteiger partial charge < -0.3 is 5.73 Å². The minimum atomic E-state index is -0.0754. The van der Waals surface area contributed by atoms with Crippen LogP contribution < -0.4 is 5.73 Å². The molecule has 0 aliphatic carbocycles. The molecular weight excluding hydrogens is 272 g/mol. The third kappa shape index (κ3) is 3.25. The van der Waals surface area contributed by atoms with Crippen LogP contribution >= 0.6 is 11.3 Å². The van der Waals surface area contributed by atoms with E-state index in [2.05, 4.69) is 23.9 Å². The number of hydrogen-bond donors (Lipinski definition) is 1. The van der Waals surface area contributed by atoms with Crippen LogP contribution in [0, 0.1) is 12.8 Å². The molecule has 5 nitrogen and oxygen atoms in total. The average Bonchev–Trinajstić information content (AvgIpc) is 2.99. The van der Waals surface area contributed by atoms with Gasteiger partial charge >= 0.3 is 0 Å². The molecule has 0 atom stereocenters. The maximum Gasteiger partial charge on any atom is 0.249 e. The largest absolute Gasteiger partial charge is 0.383 e. The van der Waals surface area contributed by atoms with E-state index in [1.54, 1.807) is 5.51 Å². The predicted molar refractivity (Wildman–Crippen MR) is 81.0 cm³/mol. The molecule has 108 valence electrons. The summed E-state index contributed by atoms with van der Waals surface area (Å²) in [7, 11) is 0. The first-order valence-electron chi connectivity index (χ1n) is 6.73. The van der Waals surface area contributed by atoms with E-state index >= 15 is 0 Å². The molecule has 0 bridgehead atoms. The number of nitrogens with two attached hydrogens (primary N) is 1. The van der Waals surface area contributed by atoms with Crippen LogP contribution in [0.1, 0.15) is 42.0 Å². The fourth-order valence-electron chi connectivity index (χ4n) is 2.13. The number of carbonyl (C=O) groups excluding carboxylic acids is 1. The molecule has 6 heteroatoms. The van der Waals surface area contributed by atoms with Crippen LogP contribution in [0.5, 0.6) is 0 Å². The maximum atomic E-state index is 12.2. The molecule has 20 heavy (non-hydrogen) atoms. The lowest BCUT2D eigenvalue weighted by atomic mass is 10.0.